The Morgan fingerprint density at radius 1 is 1.06 bits per heavy atom. The summed E-state index contributed by atoms with van der Waals surface area (Å²) in [6.45, 7) is 0. The average molecular weight is 358 g/mol. The minimum Gasteiger partial charge on any atom is -0.0884 e. The highest BCUT2D eigenvalue weighted by Gasteiger charge is 2.53. The minimum absolute atomic E-state index is 0.691. The Morgan fingerprint density at radius 2 is 1.65 bits per heavy atom. The van der Waals surface area contributed by atoms with Crippen molar-refractivity contribution >= 4 is 31.9 Å². The van der Waals surface area contributed by atoms with Gasteiger partial charge in [0, 0.05) is 9.30 Å². The van der Waals surface area contributed by atoms with Gasteiger partial charge in [-0.1, -0.05) is 56.8 Å². The molecular weight excluding hydrogens is 340 g/mol. The summed E-state index contributed by atoms with van der Waals surface area (Å²) in [6, 6.07) is 8.78. The Morgan fingerprint density at radius 3 is 2.24 bits per heavy atom. The van der Waals surface area contributed by atoms with Gasteiger partial charge in [0.1, 0.15) is 0 Å². The first-order chi connectivity index (χ1) is 8.25. The van der Waals surface area contributed by atoms with Gasteiger partial charge in [-0.2, -0.15) is 0 Å². The number of hydrogen-bond donors (Lipinski definition) is 0. The minimum atomic E-state index is 0.691. The third kappa shape index (κ3) is 2.63. The molecule has 1 aromatic carbocycles. The van der Waals surface area contributed by atoms with Gasteiger partial charge in [0.05, 0.1) is 0 Å². The Labute approximate surface area is 120 Å². The summed E-state index contributed by atoms with van der Waals surface area (Å²) in [4.78, 5) is 0.691. The summed E-state index contributed by atoms with van der Waals surface area (Å²) < 4.78 is 1.17. The molecule has 3 atom stereocenters. The van der Waals surface area contributed by atoms with E-state index in [-0.39, 0.29) is 0 Å². The molecule has 0 N–H and O–H groups in total. The molecule has 0 radical (unpaired) electrons. The maximum absolute atomic E-state index is 3.94. The lowest BCUT2D eigenvalue weighted by Crippen LogP contribution is -2.07. The molecule has 2 fully saturated rings. The van der Waals surface area contributed by atoms with Gasteiger partial charge in [-0.25, -0.2) is 0 Å². The van der Waals surface area contributed by atoms with Crippen molar-refractivity contribution in [3.05, 3.63) is 34.3 Å². The van der Waals surface area contributed by atoms with Crippen LogP contribution in [0.3, 0.4) is 0 Å². The Hall–Kier alpha value is 0.180. The van der Waals surface area contributed by atoms with Crippen LogP contribution in [0.25, 0.3) is 0 Å². The van der Waals surface area contributed by atoms with E-state index in [1.165, 1.54) is 42.1 Å². The predicted octanol–water partition coefficient (Wildman–Crippen LogP) is 5.19. The largest absolute Gasteiger partial charge is 0.0884 e. The van der Waals surface area contributed by atoms with Crippen molar-refractivity contribution in [2.24, 2.45) is 17.8 Å². The molecule has 92 valence electrons. The zero-order valence-electron chi connectivity index (χ0n) is 9.91. The van der Waals surface area contributed by atoms with Crippen LogP contribution < -0.4 is 0 Å². The SMILES string of the molecule is Brc1ccc(CC(Br)C2C3CCCCC32)cc1. The van der Waals surface area contributed by atoms with Gasteiger partial charge < -0.3 is 0 Å². The fourth-order valence-corrected chi connectivity index (χ4v) is 4.99. The number of alkyl halides is 1. The molecule has 0 amide bonds. The monoisotopic (exact) mass is 356 g/mol. The molecule has 2 aliphatic rings. The molecule has 3 unspecified atom stereocenters. The van der Waals surface area contributed by atoms with E-state index in [0.717, 1.165) is 17.8 Å². The van der Waals surface area contributed by atoms with E-state index in [0.29, 0.717) is 4.83 Å². The van der Waals surface area contributed by atoms with E-state index < -0.39 is 0 Å². The van der Waals surface area contributed by atoms with E-state index in [1.54, 1.807) is 0 Å². The molecule has 0 bridgehead atoms. The first-order valence-corrected chi connectivity index (χ1v) is 8.35. The molecule has 2 heteroatoms. The fourth-order valence-electron chi connectivity index (χ4n) is 3.57. The van der Waals surface area contributed by atoms with Crippen LogP contribution in [-0.2, 0) is 6.42 Å². The highest BCUT2D eigenvalue weighted by Crippen LogP contribution is 2.58. The van der Waals surface area contributed by atoms with Gasteiger partial charge in [-0.05, 0) is 54.7 Å². The second kappa shape index (κ2) is 5.05. The summed E-state index contributed by atoms with van der Waals surface area (Å²) >= 11 is 7.43. The van der Waals surface area contributed by atoms with Crippen molar-refractivity contribution in [3.8, 4) is 0 Å². The van der Waals surface area contributed by atoms with Crippen LogP contribution in [0, 0.1) is 17.8 Å². The molecular formula is C15H18Br2. The van der Waals surface area contributed by atoms with Crippen LogP contribution in [0.5, 0.6) is 0 Å². The van der Waals surface area contributed by atoms with E-state index >= 15 is 0 Å². The topological polar surface area (TPSA) is 0 Å². The van der Waals surface area contributed by atoms with E-state index in [1.807, 2.05) is 0 Å². The highest BCUT2D eigenvalue weighted by molar-refractivity contribution is 9.10. The predicted molar refractivity (Wildman–Crippen MR) is 79.5 cm³/mol. The number of halogens is 2. The van der Waals surface area contributed by atoms with E-state index in [2.05, 4.69) is 56.1 Å². The lowest BCUT2D eigenvalue weighted by Gasteiger charge is -2.09. The lowest BCUT2D eigenvalue weighted by atomic mass is 10.0. The summed E-state index contributed by atoms with van der Waals surface area (Å²) in [5, 5.41) is 0. The van der Waals surface area contributed by atoms with Crippen LogP contribution in [0.2, 0.25) is 0 Å². The van der Waals surface area contributed by atoms with Crippen LogP contribution in [0.1, 0.15) is 31.2 Å². The van der Waals surface area contributed by atoms with Crippen LogP contribution in [-0.4, -0.2) is 4.83 Å². The molecule has 0 aromatic heterocycles. The second-order valence-corrected chi connectivity index (χ2v) is 7.63. The van der Waals surface area contributed by atoms with Gasteiger partial charge in [-0.3, -0.25) is 0 Å². The van der Waals surface area contributed by atoms with Crippen molar-refractivity contribution in [1.82, 2.24) is 0 Å². The standard InChI is InChI=1S/C15H18Br2/c16-11-7-5-10(6-8-11)9-14(17)15-12-3-1-2-4-13(12)15/h5-8,12-15H,1-4,9H2. The summed E-state index contributed by atoms with van der Waals surface area (Å²) in [7, 11) is 0. The highest BCUT2D eigenvalue weighted by atomic mass is 79.9. The van der Waals surface area contributed by atoms with Gasteiger partial charge >= 0.3 is 0 Å². The van der Waals surface area contributed by atoms with Gasteiger partial charge in [0.15, 0.2) is 0 Å². The summed E-state index contributed by atoms with van der Waals surface area (Å²) in [6.07, 6.45) is 7.09. The molecule has 3 rings (SSSR count). The molecule has 2 saturated carbocycles. The fraction of sp³-hybridized carbons (Fsp3) is 0.600. The Kier molecular flexibility index (Phi) is 3.63. The van der Waals surface area contributed by atoms with Crippen molar-refractivity contribution in [2.45, 2.75) is 36.9 Å². The molecule has 0 nitrogen and oxygen atoms in total. The van der Waals surface area contributed by atoms with E-state index in [9.17, 15) is 0 Å². The van der Waals surface area contributed by atoms with Crippen LogP contribution in [0.15, 0.2) is 28.7 Å². The van der Waals surface area contributed by atoms with Gasteiger partial charge in [0.25, 0.3) is 0 Å². The zero-order valence-corrected chi connectivity index (χ0v) is 13.1. The van der Waals surface area contributed by atoms with E-state index in [4.69, 9.17) is 0 Å². The maximum atomic E-state index is 3.94. The number of rotatable bonds is 3. The average Bonchev–Trinajstić information content (AvgIpc) is 3.06. The smallest absolute Gasteiger partial charge is 0.0219 e. The molecule has 0 saturated heterocycles. The molecule has 2 aliphatic carbocycles. The van der Waals surface area contributed by atoms with Crippen LogP contribution >= 0.6 is 31.9 Å². The van der Waals surface area contributed by atoms with Gasteiger partial charge in [-0.15, -0.1) is 0 Å². The first kappa shape index (κ1) is 12.2. The second-order valence-electron chi connectivity index (χ2n) is 5.54. The molecule has 0 spiro atoms. The van der Waals surface area contributed by atoms with Crippen molar-refractivity contribution < 1.29 is 0 Å². The Balaban J connectivity index is 1.60. The molecule has 0 aliphatic heterocycles. The molecule has 1 aromatic rings. The van der Waals surface area contributed by atoms with Crippen LogP contribution in [0.4, 0.5) is 0 Å². The maximum Gasteiger partial charge on any atom is 0.0219 e. The van der Waals surface area contributed by atoms with Gasteiger partial charge in [0.2, 0.25) is 0 Å². The Bertz CT molecular complexity index is 372. The first-order valence-electron chi connectivity index (χ1n) is 6.64. The lowest BCUT2D eigenvalue weighted by molar-refractivity contribution is 0.480. The normalized spacial score (nSPS) is 32.9. The summed E-state index contributed by atoms with van der Waals surface area (Å²) in [5.41, 5.74) is 1.46. The summed E-state index contributed by atoms with van der Waals surface area (Å²) in [5.74, 6) is 3.05. The number of hydrogen-bond acceptors (Lipinski definition) is 0. The van der Waals surface area contributed by atoms with Crippen molar-refractivity contribution in [1.29, 1.82) is 0 Å². The van der Waals surface area contributed by atoms with Crippen molar-refractivity contribution in [2.75, 3.05) is 0 Å². The third-order valence-corrected chi connectivity index (χ3v) is 5.95. The molecule has 17 heavy (non-hydrogen) atoms. The molecule has 0 heterocycles. The number of fused-ring (bicyclic) bond motifs is 1. The quantitative estimate of drug-likeness (QED) is 0.653. The zero-order chi connectivity index (χ0) is 11.8. The van der Waals surface area contributed by atoms with Crippen molar-refractivity contribution in [3.63, 3.8) is 0 Å². The third-order valence-electron chi connectivity index (χ3n) is 4.48. The number of benzene rings is 1.